The molecule has 7 rings (SSSR count). The Labute approximate surface area is 196 Å². The Bertz CT molecular complexity index is 842. The first kappa shape index (κ1) is 21.4. The lowest BCUT2D eigenvalue weighted by Crippen LogP contribution is -2.66. The first-order chi connectivity index (χ1) is 15.4. The number of piperidine rings is 1. The van der Waals surface area contributed by atoms with Crippen molar-refractivity contribution in [1.82, 2.24) is 9.97 Å². The van der Waals surface area contributed by atoms with Crippen LogP contribution in [0.3, 0.4) is 0 Å². The number of anilines is 2. The zero-order valence-corrected chi connectivity index (χ0v) is 20.2. The fourth-order valence-corrected chi connectivity index (χ4v) is 8.09. The third-order valence-corrected chi connectivity index (χ3v) is 9.92. The van der Waals surface area contributed by atoms with E-state index in [1.54, 1.807) is 0 Å². The Kier molecular flexibility index (Phi) is 5.35. The molecule has 0 aromatic carbocycles. The molecule has 4 bridgehead atoms. The molecule has 1 atom stereocenters. The molecule has 1 spiro atoms. The third kappa shape index (κ3) is 3.43. The number of hydrogen-bond donors (Lipinski definition) is 1. The highest BCUT2D eigenvalue weighted by Gasteiger charge is 2.59. The topological polar surface area (TPSA) is 61.7 Å². The molecule has 1 N–H and O–H groups in total. The minimum Gasteiger partial charge on any atom is -0.393 e. The van der Waals surface area contributed by atoms with Crippen molar-refractivity contribution < 1.29 is 9.84 Å². The van der Waals surface area contributed by atoms with Gasteiger partial charge in [-0.15, -0.1) is 0 Å². The Hall–Kier alpha value is -1.11. The van der Waals surface area contributed by atoms with E-state index < -0.39 is 0 Å². The lowest BCUT2D eigenvalue weighted by molar-refractivity contribution is -0.207. The quantitative estimate of drug-likeness (QED) is 0.733. The van der Waals surface area contributed by atoms with Crippen LogP contribution in [0.5, 0.6) is 0 Å². The van der Waals surface area contributed by atoms with Crippen molar-refractivity contribution in [2.24, 2.45) is 29.6 Å². The van der Waals surface area contributed by atoms with E-state index in [9.17, 15) is 5.11 Å². The highest BCUT2D eigenvalue weighted by Crippen LogP contribution is 2.60. The number of ether oxygens (including phenoxy) is 1. The van der Waals surface area contributed by atoms with Crippen LogP contribution in [0.2, 0.25) is 5.02 Å². The fraction of sp³-hybridized carbons (Fsp3) is 0.840. The van der Waals surface area contributed by atoms with E-state index in [0.717, 1.165) is 74.9 Å². The van der Waals surface area contributed by atoms with Crippen molar-refractivity contribution in [2.75, 3.05) is 42.6 Å². The molecule has 176 valence electrons. The number of nitrogens with zero attached hydrogens (tertiary/aromatic N) is 4. The van der Waals surface area contributed by atoms with Crippen LogP contribution in [0.25, 0.3) is 0 Å². The van der Waals surface area contributed by atoms with Gasteiger partial charge in [-0.05, 0) is 88.4 Å². The Morgan fingerprint density at radius 2 is 1.66 bits per heavy atom. The van der Waals surface area contributed by atoms with E-state index in [4.69, 9.17) is 26.3 Å². The molecule has 0 unspecified atom stereocenters. The summed E-state index contributed by atoms with van der Waals surface area (Å²) in [6, 6.07) is 0. The number of morpholine rings is 1. The van der Waals surface area contributed by atoms with Crippen molar-refractivity contribution in [3.63, 3.8) is 0 Å². The molecule has 6 nitrogen and oxygen atoms in total. The van der Waals surface area contributed by atoms with Crippen molar-refractivity contribution in [2.45, 2.75) is 70.5 Å². The van der Waals surface area contributed by atoms with Gasteiger partial charge in [-0.1, -0.05) is 11.6 Å². The monoisotopic (exact) mass is 460 g/mol. The normalized spacial score (nSPS) is 38.0. The highest BCUT2D eigenvalue weighted by molar-refractivity contribution is 6.33. The van der Waals surface area contributed by atoms with Gasteiger partial charge in [0.25, 0.3) is 0 Å². The molecule has 6 fully saturated rings. The summed E-state index contributed by atoms with van der Waals surface area (Å²) in [6.07, 6.45) is 8.56. The Morgan fingerprint density at radius 1 is 1.00 bits per heavy atom. The molecule has 32 heavy (non-hydrogen) atoms. The molecule has 6 aliphatic rings. The number of aliphatic hydroxyl groups excluding tert-OH is 1. The first-order valence-electron chi connectivity index (χ1n) is 12.8. The summed E-state index contributed by atoms with van der Waals surface area (Å²) in [7, 11) is 0. The fourth-order valence-electron chi connectivity index (χ4n) is 7.89. The molecule has 1 aromatic heterocycles. The van der Waals surface area contributed by atoms with Gasteiger partial charge in [-0.2, -0.15) is 4.98 Å². The van der Waals surface area contributed by atoms with Gasteiger partial charge < -0.3 is 19.6 Å². The zero-order chi connectivity index (χ0) is 22.0. The number of hydrogen-bond acceptors (Lipinski definition) is 6. The number of aryl methyl sites for hydroxylation is 1. The molecular weight excluding hydrogens is 424 g/mol. The van der Waals surface area contributed by atoms with Crippen LogP contribution in [-0.2, 0) is 4.74 Å². The number of aliphatic hydroxyl groups is 1. The number of aromatic nitrogens is 2. The number of halogens is 1. The van der Waals surface area contributed by atoms with Crippen LogP contribution >= 0.6 is 11.6 Å². The largest absolute Gasteiger partial charge is 0.393 e. The minimum atomic E-state index is -0.249. The summed E-state index contributed by atoms with van der Waals surface area (Å²) in [5.41, 5.74) is 0.855. The molecule has 0 amide bonds. The SMILES string of the molecule is Cc1nc(N2CCOC3(C2)C2CC4CC(C2)CC3C4)nc(N2CCC([C@H](C)O)CC2)c1Cl. The van der Waals surface area contributed by atoms with Gasteiger partial charge in [-0.3, -0.25) is 0 Å². The van der Waals surface area contributed by atoms with Crippen LogP contribution in [0.15, 0.2) is 0 Å². The van der Waals surface area contributed by atoms with Crippen LogP contribution in [-0.4, -0.2) is 59.6 Å². The summed E-state index contributed by atoms with van der Waals surface area (Å²) in [6.45, 7) is 8.20. The third-order valence-electron chi connectivity index (χ3n) is 9.48. The summed E-state index contributed by atoms with van der Waals surface area (Å²) < 4.78 is 6.67. The summed E-state index contributed by atoms with van der Waals surface area (Å²) in [5, 5.41) is 10.6. The predicted molar refractivity (Wildman–Crippen MR) is 126 cm³/mol. The van der Waals surface area contributed by atoms with E-state index in [1.807, 2.05) is 13.8 Å². The molecule has 0 radical (unpaired) electrons. The van der Waals surface area contributed by atoms with E-state index in [1.165, 1.54) is 32.1 Å². The summed E-state index contributed by atoms with van der Waals surface area (Å²) in [5.74, 6) is 5.32. The van der Waals surface area contributed by atoms with Crippen LogP contribution in [0, 0.1) is 36.5 Å². The maximum absolute atomic E-state index is 9.97. The van der Waals surface area contributed by atoms with E-state index >= 15 is 0 Å². The minimum absolute atomic E-state index is 0.00164. The van der Waals surface area contributed by atoms with Crippen LogP contribution in [0.4, 0.5) is 11.8 Å². The van der Waals surface area contributed by atoms with E-state index in [-0.39, 0.29) is 11.7 Å². The highest BCUT2D eigenvalue weighted by atomic mass is 35.5. The predicted octanol–water partition coefficient (Wildman–Crippen LogP) is 4.07. The molecule has 2 aliphatic heterocycles. The summed E-state index contributed by atoms with van der Waals surface area (Å²) >= 11 is 6.72. The lowest BCUT2D eigenvalue weighted by atomic mass is 9.49. The molecule has 4 aliphatic carbocycles. The summed E-state index contributed by atoms with van der Waals surface area (Å²) in [4.78, 5) is 14.6. The first-order valence-corrected chi connectivity index (χ1v) is 13.2. The van der Waals surface area contributed by atoms with Crippen molar-refractivity contribution >= 4 is 23.4 Å². The standard InChI is InChI=1S/C25H37ClN4O2/c1-15-22(26)23(29-5-3-19(4-6-29)16(2)31)28-24(27-15)30-7-8-32-25(14-30)20-10-17-9-18(12-20)13-21(25)11-17/h16-21,31H,3-14H2,1-2H3/t16-,17?,18?,20?,21?,25?/m0/s1. The smallest absolute Gasteiger partial charge is 0.227 e. The van der Waals surface area contributed by atoms with Crippen molar-refractivity contribution in [1.29, 1.82) is 0 Å². The molecule has 3 heterocycles. The molecule has 1 aromatic rings. The van der Waals surface area contributed by atoms with Gasteiger partial charge in [0.05, 0.1) is 30.6 Å². The average Bonchev–Trinajstić information content (AvgIpc) is 2.79. The van der Waals surface area contributed by atoms with Gasteiger partial charge in [0.1, 0.15) is 5.02 Å². The lowest BCUT2D eigenvalue weighted by Gasteiger charge is -2.62. The average molecular weight is 461 g/mol. The van der Waals surface area contributed by atoms with Gasteiger partial charge in [0, 0.05) is 19.6 Å². The zero-order valence-electron chi connectivity index (χ0n) is 19.5. The second-order valence-electron chi connectivity index (χ2n) is 11.3. The van der Waals surface area contributed by atoms with Crippen LogP contribution in [0.1, 0.15) is 57.6 Å². The molecule has 4 saturated carbocycles. The maximum Gasteiger partial charge on any atom is 0.227 e. The molecular formula is C25H37ClN4O2. The van der Waals surface area contributed by atoms with Gasteiger partial charge in [0.15, 0.2) is 5.82 Å². The van der Waals surface area contributed by atoms with E-state index in [2.05, 4.69) is 9.80 Å². The maximum atomic E-state index is 9.97. The molecule has 2 saturated heterocycles. The van der Waals surface area contributed by atoms with E-state index in [0.29, 0.717) is 22.8 Å². The van der Waals surface area contributed by atoms with Crippen molar-refractivity contribution in [3.05, 3.63) is 10.7 Å². The van der Waals surface area contributed by atoms with Gasteiger partial charge in [0.2, 0.25) is 5.95 Å². The number of rotatable bonds is 3. The second kappa shape index (κ2) is 7.99. The Balaban J connectivity index is 1.25. The van der Waals surface area contributed by atoms with Gasteiger partial charge in [-0.25, -0.2) is 4.98 Å². The molecule has 7 heteroatoms. The second-order valence-corrected chi connectivity index (χ2v) is 11.7. The van der Waals surface area contributed by atoms with Crippen molar-refractivity contribution in [3.8, 4) is 0 Å². The Morgan fingerprint density at radius 3 is 2.28 bits per heavy atom. The van der Waals surface area contributed by atoms with Crippen LogP contribution < -0.4 is 9.80 Å². The van der Waals surface area contributed by atoms with Gasteiger partial charge >= 0.3 is 0 Å².